The average molecular weight is 272 g/mol. The van der Waals surface area contributed by atoms with Gasteiger partial charge in [0, 0.05) is 6.54 Å². The third-order valence-corrected chi connectivity index (χ3v) is 3.74. The maximum absolute atomic E-state index is 4.36. The number of hydrogen-bond acceptors (Lipinski definition) is 2. The van der Waals surface area contributed by atoms with Crippen LogP contribution in [0.2, 0.25) is 0 Å². The first-order valence-corrected chi connectivity index (χ1v) is 6.46. The van der Waals surface area contributed by atoms with Crippen molar-refractivity contribution in [2.24, 2.45) is 5.92 Å². The standard InChI is InChI=1S/C11H18BrN3/c1-3-15-11(9(12)7-14-15)10-6-8(2)4-5-13-10/h7-8,10,13H,3-6H2,1-2H3. The Bertz CT molecular complexity index is 335. The largest absolute Gasteiger partial charge is 0.309 e. The topological polar surface area (TPSA) is 29.9 Å². The number of hydrogen-bond donors (Lipinski definition) is 1. The highest BCUT2D eigenvalue weighted by Gasteiger charge is 2.24. The van der Waals surface area contributed by atoms with E-state index in [9.17, 15) is 0 Å². The summed E-state index contributed by atoms with van der Waals surface area (Å²) in [6.07, 6.45) is 4.40. The Morgan fingerprint density at radius 2 is 2.47 bits per heavy atom. The van der Waals surface area contributed by atoms with E-state index < -0.39 is 0 Å². The molecule has 2 rings (SSSR count). The molecule has 2 unspecified atom stereocenters. The molecule has 1 saturated heterocycles. The molecular formula is C11H18BrN3. The molecule has 2 heterocycles. The lowest BCUT2D eigenvalue weighted by Crippen LogP contribution is -2.32. The second kappa shape index (κ2) is 4.66. The summed E-state index contributed by atoms with van der Waals surface area (Å²) >= 11 is 3.59. The number of halogens is 1. The third-order valence-electron chi connectivity index (χ3n) is 3.13. The zero-order valence-corrected chi connectivity index (χ0v) is 10.9. The second-order valence-corrected chi connectivity index (χ2v) is 5.18. The van der Waals surface area contributed by atoms with Crippen molar-refractivity contribution in [2.45, 2.75) is 39.3 Å². The van der Waals surface area contributed by atoms with E-state index >= 15 is 0 Å². The maximum atomic E-state index is 4.36. The van der Waals surface area contributed by atoms with Crippen LogP contribution in [0.25, 0.3) is 0 Å². The van der Waals surface area contributed by atoms with Gasteiger partial charge in [0.2, 0.25) is 0 Å². The van der Waals surface area contributed by atoms with E-state index in [1.807, 2.05) is 6.20 Å². The van der Waals surface area contributed by atoms with Crippen LogP contribution in [0.1, 0.15) is 38.4 Å². The van der Waals surface area contributed by atoms with Crippen LogP contribution in [0, 0.1) is 5.92 Å². The molecule has 1 fully saturated rings. The molecule has 1 N–H and O–H groups in total. The van der Waals surface area contributed by atoms with Crippen LogP contribution in [-0.4, -0.2) is 16.3 Å². The fourth-order valence-electron chi connectivity index (χ4n) is 2.29. The van der Waals surface area contributed by atoms with E-state index in [2.05, 4.69) is 44.9 Å². The third kappa shape index (κ3) is 2.26. The number of rotatable bonds is 2. The highest BCUT2D eigenvalue weighted by atomic mass is 79.9. The fourth-order valence-corrected chi connectivity index (χ4v) is 2.86. The summed E-state index contributed by atoms with van der Waals surface area (Å²) in [5.41, 5.74) is 1.31. The van der Waals surface area contributed by atoms with Gasteiger partial charge in [-0.2, -0.15) is 5.10 Å². The molecule has 1 aromatic rings. The number of piperidine rings is 1. The molecule has 0 spiro atoms. The van der Waals surface area contributed by atoms with Crippen LogP contribution in [0.4, 0.5) is 0 Å². The molecule has 1 aliphatic heterocycles. The van der Waals surface area contributed by atoms with E-state index in [0.717, 1.165) is 23.5 Å². The van der Waals surface area contributed by atoms with Crippen molar-refractivity contribution in [3.05, 3.63) is 16.4 Å². The summed E-state index contributed by atoms with van der Waals surface area (Å²) < 4.78 is 3.22. The summed E-state index contributed by atoms with van der Waals surface area (Å²) in [7, 11) is 0. The van der Waals surface area contributed by atoms with Crippen molar-refractivity contribution < 1.29 is 0 Å². The van der Waals surface area contributed by atoms with Gasteiger partial charge in [0.05, 0.1) is 22.4 Å². The first-order valence-electron chi connectivity index (χ1n) is 5.67. The first kappa shape index (κ1) is 11.1. The molecule has 0 aliphatic carbocycles. The van der Waals surface area contributed by atoms with Crippen molar-refractivity contribution in [2.75, 3.05) is 6.54 Å². The van der Waals surface area contributed by atoms with Gasteiger partial charge in [-0.05, 0) is 48.2 Å². The van der Waals surface area contributed by atoms with Crippen LogP contribution in [-0.2, 0) is 6.54 Å². The predicted octanol–water partition coefficient (Wildman–Crippen LogP) is 2.73. The Kier molecular flexibility index (Phi) is 3.46. The Balaban J connectivity index is 2.23. The molecule has 2 atom stereocenters. The van der Waals surface area contributed by atoms with Crippen LogP contribution < -0.4 is 5.32 Å². The minimum atomic E-state index is 0.463. The summed E-state index contributed by atoms with van der Waals surface area (Å²) in [6.45, 7) is 6.52. The molecule has 3 nitrogen and oxygen atoms in total. The van der Waals surface area contributed by atoms with Gasteiger partial charge >= 0.3 is 0 Å². The minimum Gasteiger partial charge on any atom is -0.309 e. The number of aryl methyl sites for hydroxylation is 1. The van der Waals surface area contributed by atoms with Crippen molar-refractivity contribution in [3.63, 3.8) is 0 Å². The molecule has 4 heteroatoms. The molecule has 1 aromatic heterocycles. The zero-order valence-electron chi connectivity index (χ0n) is 9.33. The minimum absolute atomic E-state index is 0.463. The normalized spacial score (nSPS) is 26.9. The summed E-state index contributed by atoms with van der Waals surface area (Å²) in [4.78, 5) is 0. The Morgan fingerprint density at radius 1 is 1.67 bits per heavy atom. The van der Waals surface area contributed by atoms with Gasteiger partial charge in [0.25, 0.3) is 0 Å². The molecule has 0 aromatic carbocycles. The van der Waals surface area contributed by atoms with Crippen molar-refractivity contribution in [1.29, 1.82) is 0 Å². The number of nitrogens with zero attached hydrogens (tertiary/aromatic N) is 2. The zero-order chi connectivity index (χ0) is 10.8. The number of nitrogens with one attached hydrogen (secondary N) is 1. The van der Waals surface area contributed by atoms with Gasteiger partial charge in [-0.25, -0.2) is 0 Å². The Hall–Kier alpha value is -0.350. The van der Waals surface area contributed by atoms with Crippen LogP contribution >= 0.6 is 15.9 Å². The SMILES string of the molecule is CCn1ncc(Br)c1C1CC(C)CCN1. The van der Waals surface area contributed by atoms with Gasteiger partial charge in [0.15, 0.2) is 0 Å². The summed E-state index contributed by atoms with van der Waals surface area (Å²) in [5.74, 6) is 0.809. The van der Waals surface area contributed by atoms with Crippen molar-refractivity contribution in [3.8, 4) is 0 Å². The molecule has 1 aliphatic rings. The van der Waals surface area contributed by atoms with Gasteiger partial charge in [-0.1, -0.05) is 6.92 Å². The van der Waals surface area contributed by atoms with Gasteiger partial charge in [-0.15, -0.1) is 0 Å². The molecule has 0 amide bonds. The summed E-state index contributed by atoms with van der Waals surface area (Å²) in [5, 5.41) is 7.94. The lowest BCUT2D eigenvalue weighted by molar-refractivity contribution is 0.311. The second-order valence-electron chi connectivity index (χ2n) is 4.33. The smallest absolute Gasteiger partial charge is 0.0695 e. The lowest BCUT2D eigenvalue weighted by Gasteiger charge is -2.28. The van der Waals surface area contributed by atoms with Crippen molar-refractivity contribution in [1.82, 2.24) is 15.1 Å². The van der Waals surface area contributed by atoms with E-state index in [4.69, 9.17) is 0 Å². The molecule has 0 bridgehead atoms. The van der Waals surface area contributed by atoms with E-state index in [0.29, 0.717) is 6.04 Å². The lowest BCUT2D eigenvalue weighted by atomic mass is 9.92. The predicted molar refractivity (Wildman–Crippen MR) is 64.7 cm³/mol. The first-order chi connectivity index (χ1) is 7.22. The number of aromatic nitrogens is 2. The van der Waals surface area contributed by atoms with Gasteiger partial charge < -0.3 is 5.32 Å². The maximum Gasteiger partial charge on any atom is 0.0695 e. The Morgan fingerprint density at radius 3 is 3.13 bits per heavy atom. The quantitative estimate of drug-likeness (QED) is 0.897. The highest BCUT2D eigenvalue weighted by Crippen LogP contribution is 2.31. The molecule has 0 radical (unpaired) electrons. The van der Waals surface area contributed by atoms with Crippen LogP contribution in [0.15, 0.2) is 10.7 Å². The monoisotopic (exact) mass is 271 g/mol. The fraction of sp³-hybridized carbons (Fsp3) is 0.727. The van der Waals surface area contributed by atoms with Crippen LogP contribution in [0.3, 0.4) is 0 Å². The molecule has 15 heavy (non-hydrogen) atoms. The van der Waals surface area contributed by atoms with E-state index in [1.54, 1.807) is 0 Å². The summed E-state index contributed by atoms with van der Waals surface area (Å²) in [6, 6.07) is 0.463. The van der Waals surface area contributed by atoms with Gasteiger partial charge in [0.1, 0.15) is 0 Å². The molecule has 0 saturated carbocycles. The average Bonchev–Trinajstić information content (AvgIpc) is 2.59. The van der Waals surface area contributed by atoms with Crippen LogP contribution in [0.5, 0.6) is 0 Å². The Labute approximate surface area is 99.4 Å². The molecule has 84 valence electrons. The van der Waals surface area contributed by atoms with E-state index in [1.165, 1.54) is 18.5 Å². The van der Waals surface area contributed by atoms with Crippen molar-refractivity contribution >= 4 is 15.9 Å². The van der Waals surface area contributed by atoms with E-state index in [-0.39, 0.29) is 0 Å². The molecular weight excluding hydrogens is 254 g/mol. The van der Waals surface area contributed by atoms with Gasteiger partial charge in [-0.3, -0.25) is 4.68 Å². The highest BCUT2D eigenvalue weighted by molar-refractivity contribution is 9.10.